The van der Waals surface area contributed by atoms with Gasteiger partial charge in [-0.25, -0.2) is 0 Å². The molecule has 1 atom stereocenters. The molecule has 0 saturated carbocycles. The highest BCUT2D eigenvalue weighted by Crippen LogP contribution is 2.23. The number of hydrogen-bond donors (Lipinski definition) is 0. The molecule has 35 heavy (non-hydrogen) atoms. The van der Waals surface area contributed by atoms with Crippen molar-refractivity contribution in [2.45, 2.75) is 26.9 Å². The summed E-state index contributed by atoms with van der Waals surface area (Å²) >= 11 is 0. The fraction of sp³-hybridized carbons (Fsp3) is 0.321. The van der Waals surface area contributed by atoms with Crippen LogP contribution in [0, 0.1) is 19.8 Å². The van der Waals surface area contributed by atoms with Crippen molar-refractivity contribution in [2.75, 3.05) is 26.3 Å². The van der Waals surface area contributed by atoms with Crippen LogP contribution in [0.3, 0.4) is 0 Å². The number of aryl methyl sites for hydroxylation is 2. The summed E-state index contributed by atoms with van der Waals surface area (Å²) in [5, 5.41) is 5.09. The minimum absolute atomic E-state index is 0.0145. The number of nitrogens with zero attached hydrogens (tertiary/aromatic N) is 3. The Balaban J connectivity index is 1.28. The monoisotopic (exact) mass is 471 g/mol. The molecule has 1 saturated heterocycles. The normalized spacial score (nSPS) is 16.3. The van der Waals surface area contributed by atoms with Crippen molar-refractivity contribution >= 4 is 16.8 Å². The van der Waals surface area contributed by atoms with Gasteiger partial charge in [-0.05, 0) is 50.1 Å². The van der Waals surface area contributed by atoms with Crippen molar-refractivity contribution in [3.05, 3.63) is 88.9 Å². The van der Waals surface area contributed by atoms with E-state index in [-0.39, 0.29) is 11.8 Å². The molecule has 3 heterocycles. The molecule has 0 radical (unpaired) electrons. The van der Waals surface area contributed by atoms with E-state index >= 15 is 0 Å². The van der Waals surface area contributed by atoms with Crippen molar-refractivity contribution in [1.29, 1.82) is 0 Å². The SMILES string of the molecule is Cc1noc(C)c1COc1cccc(C(=O)N2CCOCC(Cc3cccc4cccnc34)C2)c1. The van der Waals surface area contributed by atoms with E-state index in [0.29, 0.717) is 44.2 Å². The Morgan fingerprint density at radius 3 is 2.86 bits per heavy atom. The van der Waals surface area contributed by atoms with Crippen molar-refractivity contribution in [3.63, 3.8) is 0 Å². The summed E-state index contributed by atoms with van der Waals surface area (Å²) in [6.07, 6.45) is 2.63. The standard InChI is InChI=1S/C28H29N3O4/c1-19-26(20(2)35-30-19)18-34-25-10-4-8-24(15-25)28(32)31-12-13-33-17-21(16-31)14-23-7-3-6-22-9-5-11-29-27(22)23/h3-11,15,21H,12-14,16-18H2,1-2H3. The van der Waals surface area contributed by atoms with Crippen LogP contribution >= 0.6 is 0 Å². The van der Waals surface area contributed by atoms with Gasteiger partial charge in [-0.2, -0.15) is 0 Å². The van der Waals surface area contributed by atoms with Gasteiger partial charge in [0.2, 0.25) is 0 Å². The topological polar surface area (TPSA) is 77.7 Å². The molecular weight excluding hydrogens is 442 g/mol. The first-order chi connectivity index (χ1) is 17.1. The summed E-state index contributed by atoms with van der Waals surface area (Å²) in [6, 6.07) is 17.6. The maximum atomic E-state index is 13.4. The Hall–Kier alpha value is -3.71. The zero-order valence-corrected chi connectivity index (χ0v) is 20.1. The second kappa shape index (κ2) is 10.3. The summed E-state index contributed by atoms with van der Waals surface area (Å²) in [5.74, 6) is 1.55. The van der Waals surface area contributed by atoms with Crippen LogP contribution in [0.25, 0.3) is 10.9 Å². The van der Waals surface area contributed by atoms with Gasteiger partial charge < -0.3 is 18.9 Å². The third kappa shape index (κ3) is 5.20. The van der Waals surface area contributed by atoms with Crippen LogP contribution < -0.4 is 4.74 Å². The predicted molar refractivity (Wildman–Crippen MR) is 132 cm³/mol. The molecule has 0 spiro atoms. The van der Waals surface area contributed by atoms with Crippen molar-refractivity contribution in [3.8, 4) is 5.75 Å². The first kappa shape index (κ1) is 23.1. The second-order valence-corrected chi connectivity index (χ2v) is 9.01. The molecule has 7 heteroatoms. The average Bonchev–Trinajstić information content (AvgIpc) is 3.06. The molecule has 4 aromatic rings. The lowest BCUT2D eigenvalue weighted by Crippen LogP contribution is -2.36. The molecule has 0 N–H and O–H groups in total. The summed E-state index contributed by atoms with van der Waals surface area (Å²) in [4.78, 5) is 19.9. The molecule has 2 aromatic heterocycles. The van der Waals surface area contributed by atoms with E-state index in [9.17, 15) is 4.79 Å². The molecule has 180 valence electrons. The number of pyridine rings is 1. The van der Waals surface area contributed by atoms with Crippen LogP contribution in [0.2, 0.25) is 0 Å². The van der Waals surface area contributed by atoms with Crippen LogP contribution in [-0.4, -0.2) is 47.3 Å². The van der Waals surface area contributed by atoms with Crippen LogP contribution in [0.1, 0.15) is 32.9 Å². The Kier molecular flexibility index (Phi) is 6.77. The van der Waals surface area contributed by atoms with Crippen molar-refractivity contribution < 1.29 is 18.8 Å². The smallest absolute Gasteiger partial charge is 0.254 e. The number of carbonyl (C=O) groups is 1. The lowest BCUT2D eigenvalue weighted by Gasteiger charge is -2.24. The molecule has 2 aromatic carbocycles. The Labute approximate surface area is 204 Å². The summed E-state index contributed by atoms with van der Waals surface area (Å²) < 4.78 is 17.0. The van der Waals surface area contributed by atoms with Gasteiger partial charge in [0.15, 0.2) is 0 Å². The number of hydrogen-bond acceptors (Lipinski definition) is 6. The molecular formula is C28H29N3O4. The van der Waals surface area contributed by atoms with E-state index in [4.69, 9.17) is 14.0 Å². The molecule has 1 amide bonds. The maximum Gasteiger partial charge on any atom is 0.254 e. The van der Waals surface area contributed by atoms with Crippen LogP contribution in [0.5, 0.6) is 5.75 Å². The Morgan fingerprint density at radius 2 is 2.00 bits per heavy atom. The second-order valence-electron chi connectivity index (χ2n) is 9.01. The molecule has 7 nitrogen and oxygen atoms in total. The third-order valence-corrected chi connectivity index (χ3v) is 6.50. The first-order valence-electron chi connectivity index (χ1n) is 11.9. The van der Waals surface area contributed by atoms with Crippen LogP contribution in [0.4, 0.5) is 0 Å². The molecule has 1 aliphatic heterocycles. The number of aromatic nitrogens is 2. The highest BCUT2D eigenvalue weighted by atomic mass is 16.5. The molecule has 1 unspecified atom stereocenters. The van der Waals surface area contributed by atoms with Crippen LogP contribution in [0.15, 0.2) is 65.3 Å². The van der Waals surface area contributed by atoms with Gasteiger partial charge in [0.1, 0.15) is 18.1 Å². The minimum atomic E-state index is -0.0145. The largest absolute Gasteiger partial charge is 0.489 e. The van der Waals surface area contributed by atoms with E-state index in [0.717, 1.165) is 34.3 Å². The molecule has 0 bridgehead atoms. The van der Waals surface area contributed by atoms with Gasteiger partial charge in [0, 0.05) is 36.2 Å². The number of benzene rings is 2. The zero-order valence-electron chi connectivity index (χ0n) is 20.1. The first-order valence-corrected chi connectivity index (χ1v) is 11.9. The predicted octanol–water partition coefficient (Wildman–Crippen LogP) is 4.75. The van der Waals surface area contributed by atoms with Gasteiger partial charge in [-0.3, -0.25) is 9.78 Å². The zero-order chi connectivity index (χ0) is 24.2. The van der Waals surface area contributed by atoms with Crippen LogP contribution in [-0.2, 0) is 17.8 Å². The summed E-state index contributed by atoms with van der Waals surface area (Å²) in [6.45, 7) is 6.44. The number of ether oxygens (including phenoxy) is 2. The van der Waals surface area contributed by atoms with Gasteiger partial charge in [0.05, 0.1) is 30.0 Å². The van der Waals surface area contributed by atoms with Gasteiger partial charge in [0.25, 0.3) is 5.91 Å². The van der Waals surface area contributed by atoms with Crippen molar-refractivity contribution in [2.24, 2.45) is 5.92 Å². The highest BCUT2D eigenvalue weighted by Gasteiger charge is 2.24. The fourth-order valence-corrected chi connectivity index (χ4v) is 4.60. The maximum absolute atomic E-state index is 13.4. The quantitative estimate of drug-likeness (QED) is 0.404. The van der Waals surface area contributed by atoms with E-state index in [1.54, 1.807) is 6.07 Å². The number of carbonyl (C=O) groups excluding carboxylic acids is 1. The number of fused-ring (bicyclic) bond motifs is 1. The number of para-hydroxylation sites is 1. The van der Waals surface area contributed by atoms with E-state index in [1.165, 1.54) is 5.56 Å². The molecule has 1 fully saturated rings. The van der Waals surface area contributed by atoms with E-state index < -0.39 is 0 Å². The summed E-state index contributed by atoms with van der Waals surface area (Å²) in [7, 11) is 0. The third-order valence-electron chi connectivity index (χ3n) is 6.50. The average molecular weight is 472 g/mol. The van der Waals surface area contributed by atoms with Gasteiger partial charge in [-0.1, -0.05) is 35.5 Å². The Bertz CT molecular complexity index is 1310. The van der Waals surface area contributed by atoms with Gasteiger partial charge >= 0.3 is 0 Å². The number of rotatable bonds is 6. The number of amides is 1. The highest BCUT2D eigenvalue weighted by molar-refractivity contribution is 5.94. The minimum Gasteiger partial charge on any atom is -0.489 e. The van der Waals surface area contributed by atoms with Crippen molar-refractivity contribution in [1.82, 2.24) is 15.0 Å². The van der Waals surface area contributed by atoms with Gasteiger partial charge in [-0.15, -0.1) is 0 Å². The Morgan fingerprint density at radius 1 is 1.14 bits per heavy atom. The fourth-order valence-electron chi connectivity index (χ4n) is 4.60. The lowest BCUT2D eigenvalue weighted by molar-refractivity contribution is 0.0737. The lowest BCUT2D eigenvalue weighted by atomic mass is 9.97. The summed E-state index contributed by atoms with van der Waals surface area (Å²) in [5.41, 5.74) is 4.54. The molecule has 1 aliphatic rings. The van der Waals surface area contributed by atoms with E-state index in [2.05, 4.69) is 34.4 Å². The molecule has 0 aliphatic carbocycles. The molecule has 5 rings (SSSR count). The van der Waals surface area contributed by atoms with E-state index in [1.807, 2.05) is 49.2 Å².